The summed E-state index contributed by atoms with van der Waals surface area (Å²) in [7, 11) is 1.81. The van der Waals surface area contributed by atoms with Gasteiger partial charge in [0.25, 0.3) is 0 Å². The third kappa shape index (κ3) is 4.74. The molecule has 0 bridgehead atoms. The second kappa shape index (κ2) is 6.29. The Morgan fingerprint density at radius 3 is 2.56 bits per heavy atom. The average Bonchev–Trinajstić information content (AvgIpc) is 2.28. The summed E-state index contributed by atoms with van der Waals surface area (Å²) in [5.41, 5.74) is 0.950. The zero-order valence-corrected chi connectivity index (χ0v) is 10.9. The van der Waals surface area contributed by atoms with Gasteiger partial charge in [0.05, 0.1) is 18.1 Å². The molecule has 0 aliphatic heterocycles. The number of alkyl halides is 3. The van der Waals surface area contributed by atoms with Crippen LogP contribution >= 0.6 is 11.6 Å². The molecule has 0 heterocycles. The van der Waals surface area contributed by atoms with Crippen LogP contribution in [0.3, 0.4) is 0 Å². The molecule has 0 aliphatic carbocycles. The largest absolute Gasteiger partial charge is 0.492 e. The number of nitrogens with one attached hydrogen (secondary N) is 1. The molecule has 1 unspecified atom stereocenters. The van der Waals surface area contributed by atoms with E-state index in [1.807, 2.05) is 14.0 Å². The quantitative estimate of drug-likeness (QED) is 0.882. The van der Waals surface area contributed by atoms with Crippen molar-refractivity contribution in [1.82, 2.24) is 5.32 Å². The molecule has 0 amide bonds. The van der Waals surface area contributed by atoms with Crippen LogP contribution in [0.5, 0.6) is 5.75 Å². The number of benzene rings is 1. The summed E-state index contributed by atoms with van der Waals surface area (Å²) < 4.78 is 40.9. The van der Waals surface area contributed by atoms with E-state index in [2.05, 4.69) is 5.32 Å². The van der Waals surface area contributed by atoms with E-state index in [0.29, 0.717) is 5.02 Å². The van der Waals surface area contributed by atoms with Crippen molar-refractivity contribution in [2.45, 2.75) is 25.6 Å². The van der Waals surface area contributed by atoms with E-state index in [9.17, 15) is 13.2 Å². The van der Waals surface area contributed by atoms with Gasteiger partial charge in [-0.25, -0.2) is 0 Å². The Labute approximate surface area is 109 Å². The van der Waals surface area contributed by atoms with Crippen molar-refractivity contribution >= 4 is 11.6 Å². The Hall–Kier alpha value is -0.940. The molecule has 1 N–H and O–H groups in total. The minimum atomic E-state index is -4.22. The number of halogens is 4. The summed E-state index contributed by atoms with van der Waals surface area (Å²) in [6, 6.07) is 5.16. The van der Waals surface area contributed by atoms with Crippen LogP contribution in [0.2, 0.25) is 5.02 Å². The minimum absolute atomic E-state index is 0.117. The molecule has 0 spiro atoms. The molecule has 1 rings (SSSR count). The van der Waals surface area contributed by atoms with E-state index in [4.69, 9.17) is 16.3 Å². The maximum absolute atomic E-state index is 12.0. The third-order valence-corrected chi connectivity index (χ3v) is 2.83. The Balaban J connectivity index is 2.63. The maximum Gasteiger partial charge on any atom is 0.392 e. The van der Waals surface area contributed by atoms with E-state index in [1.54, 1.807) is 18.2 Å². The van der Waals surface area contributed by atoms with Crippen molar-refractivity contribution in [3.63, 3.8) is 0 Å². The first-order chi connectivity index (χ1) is 8.33. The first-order valence-corrected chi connectivity index (χ1v) is 5.87. The summed E-state index contributed by atoms with van der Waals surface area (Å²) in [6.45, 7) is 1.53. The van der Waals surface area contributed by atoms with Crippen LogP contribution in [-0.4, -0.2) is 19.8 Å². The van der Waals surface area contributed by atoms with E-state index >= 15 is 0 Å². The summed E-state index contributed by atoms with van der Waals surface area (Å²) in [4.78, 5) is 0. The first kappa shape index (κ1) is 15.1. The Morgan fingerprint density at radius 1 is 1.39 bits per heavy atom. The molecule has 0 aromatic heterocycles. The van der Waals surface area contributed by atoms with Crippen molar-refractivity contribution in [3.8, 4) is 5.75 Å². The van der Waals surface area contributed by atoms with Gasteiger partial charge in [0.1, 0.15) is 5.75 Å². The average molecular weight is 282 g/mol. The van der Waals surface area contributed by atoms with Crippen LogP contribution in [0, 0.1) is 0 Å². The van der Waals surface area contributed by atoms with Crippen molar-refractivity contribution in [3.05, 3.63) is 28.8 Å². The van der Waals surface area contributed by atoms with E-state index in [0.717, 1.165) is 5.56 Å². The number of hydrogen-bond acceptors (Lipinski definition) is 2. The highest BCUT2D eigenvalue weighted by Crippen LogP contribution is 2.28. The molecule has 18 heavy (non-hydrogen) atoms. The van der Waals surface area contributed by atoms with Crippen LogP contribution in [-0.2, 0) is 0 Å². The lowest BCUT2D eigenvalue weighted by Gasteiger charge is -2.14. The highest BCUT2D eigenvalue weighted by molar-refractivity contribution is 6.32. The Bertz CT molecular complexity index is 395. The Morgan fingerprint density at radius 2 is 2.06 bits per heavy atom. The summed E-state index contributed by atoms with van der Waals surface area (Å²) in [6.07, 6.45) is -5.20. The third-order valence-electron chi connectivity index (χ3n) is 2.53. The maximum atomic E-state index is 12.0. The molecule has 6 heteroatoms. The fourth-order valence-electron chi connectivity index (χ4n) is 1.35. The predicted molar refractivity (Wildman–Crippen MR) is 65.1 cm³/mol. The lowest BCUT2D eigenvalue weighted by molar-refractivity contribution is -0.139. The molecular formula is C12H15ClF3NO. The molecule has 0 aliphatic rings. The van der Waals surface area contributed by atoms with Gasteiger partial charge >= 0.3 is 6.18 Å². The van der Waals surface area contributed by atoms with Crippen molar-refractivity contribution in [1.29, 1.82) is 0 Å². The van der Waals surface area contributed by atoms with E-state index < -0.39 is 19.2 Å². The second-order valence-corrected chi connectivity index (χ2v) is 4.32. The zero-order valence-electron chi connectivity index (χ0n) is 10.1. The van der Waals surface area contributed by atoms with Gasteiger partial charge in [0, 0.05) is 6.04 Å². The lowest BCUT2D eigenvalue weighted by Crippen LogP contribution is -2.14. The highest BCUT2D eigenvalue weighted by atomic mass is 35.5. The van der Waals surface area contributed by atoms with Gasteiger partial charge in [-0.2, -0.15) is 13.2 Å². The van der Waals surface area contributed by atoms with E-state index in [1.165, 1.54) is 0 Å². The van der Waals surface area contributed by atoms with E-state index in [-0.39, 0.29) is 11.8 Å². The van der Waals surface area contributed by atoms with Gasteiger partial charge in [-0.3, -0.25) is 0 Å². The predicted octanol–water partition coefficient (Wildman–Crippen LogP) is 3.95. The van der Waals surface area contributed by atoms with Crippen LogP contribution in [0.25, 0.3) is 0 Å². The fourth-order valence-corrected chi connectivity index (χ4v) is 1.59. The smallest absolute Gasteiger partial charge is 0.392 e. The molecule has 102 valence electrons. The minimum Gasteiger partial charge on any atom is -0.492 e. The monoisotopic (exact) mass is 281 g/mol. The van der Waals surface area contributed by atoms with Gasteiger partial charge in [-0.05, 0) is 31.7 Å². The molecule has 0 radical (unpaired) electrons. The standard InChI is InChI=1S/C12H15ClF3NO/c1-8(17-2)9-3-4-11(10(13)7-9)18-6-5-12(14,15)16/h3-4,7-8,17H,5-6H2,1-2H3. The summed E-state index contributed by atoms with van der Waals surface area (Å²) >= 11 is 5.95. The lowest BCUT2D eigenvalue weighted by atomic mass is 10.1. The van der Waals surface area contributed by atoms with Crippen LogP contribution < -0.4 is 10.1 Å². The van der Waals surface area contributed by atoms with Gasteiger partial charge in [0.2, 0.25) is 0 Å². The van der Waals surface area contributed by atoms with Crippen LogP contribution in [0.1, 0.15) is 24.9 Å². The van der Waals surface area contributed by atoms with Crippen molar-refractivity contribution < 1.29 is 17.9 Å². The van der Waals surface area contributed by atoms with Gasteiger partial charge in [0.15, 0.2) is 0 Å². The van der Waals surface area contributed by atoms with Gasteiger partial charge in [-0.15, -0.1) is 0 Å². The second-order valence-electron chi connectivity index (χ2n) is 3.91. The molecule has 0 fully saturated rings. The molecule has 1 aromatic rings. The van der Waals surface area contributed by atoms with Crippen LogP contribution in [0.15, 0.2) is 18.2 Å². The van der Waals surface area contributed by atoms with Crippen molar-refractivity contribution in [2.24, 2.45) is 0 Å². The molecule has 1 aromatic carbocycles. The molecule has 2 nitrogen and oxygen atoms in total. The van der Waals surface area contributed by atoms with Gasteiger partial charge < -0.3 is 10.1 Å². The summed E-state index contributed by atoms with van der Waals surface area (Å²) in [5.74, 6) is 0.271. The molecule has 1 atom stereocenters. The summed E-state index contributed by atoms with van der Waals surface area (Å²) in [5, 5.41) is 3.36. The molecule has 0 saturated heterocycles. The molecular weight excluding hydrogens is 267 g/mol. The van der Waals surface area contributed by atoms with Crippen molar-refractivity contribution in [2.75, 3.05) is 13.7 Å². The molecule has 0 saturated carbocycles. The number of rotatable bonds is 5. The fraction of sp³-hybridized carbons (Fsp3) is 0.500. The van der Waals surface area contributed by atoms with Crippen LogP contribution in [0.4, 0.5) is 13.2 Å². The first-order valence-electron chi connectivity index (χ1n) is 5.50. The Kier molecular flexibility index (Phi) is 5.28. The number of hydrogen-bond donors (Lipinski definition) is 1. The highest BCUT2D eigenvalue weighted by Gasteiger charge is 2.27. The zero-order chi connectivity index (χ0) is 13.8. The topological polar surface area (TPSA) is 21.3 Å². The SMILES string of the molecule is CNC(C)c1ccc(OCCC(F)(F)F)c(Cl)c1. The normalized spacial score (nSPS) is 13.4. The number of ether oxygens (including phenoxy) is 1. The van der Waals surface area contributed by atoms with Gasteiger partial charge in [-0.1, -0.05) is 17.7 Å².